The number of aryl methyl sites for hydroxylation is 1. The van der Waals surface area contributed by atoms with Crippen LogP contribution >= 0.6 is 0 Å². The number of benzene rings is 2. The summed E-state index contributed by atoms with van der Waals surface area (Å²) in [6.07, 6.45) is 6.12. The molecule has 2 N–H and O–H groups in total. The van der Waals surface area contributed by atoms with E-state index in [2.05, 4.69) is 16.6 Å². The average Bonchev–Trinajstić information content (AvgIpc) is 3.14. The molecule has 3 amide bonds. The number of hydrogen-bond acceptors (Lipinski definition) is 3. The van der Waals surface area contributed by atoms with Gasteiger partial charge in [-0.05, 0) is 30.2 Å². The van der Waals surface area contributed by atoms with E-state index in [1.807, 2.05) is 31.2 Å². The first-order valence-electron chi connectivity index (χ1n) is 9.55. The van der Waals surface area contributed by atoms with Gasteiger partial charge in [-0.3, -0.25) is 14.4 Å². The van der Waals surface area contributed by atoms with Crippen LogP contribution < -0.4 is 15.5 Å². The summed E-state index contributed by atoms with van der Waals surface area (Å²) in [5.74, 6) is 1.13. The summed E-state index contributed by atoms with van der Waals surface area (Å²) in [4.78, 5) is 39.3. The minimum atomic E-state index is -0.491. The molecule has 0 bridgehead atoms. The first-order valence-corrected chi connectivity index (χ1v) is 9.55. The van der Waals surface area contributed by atoms with E-state index < -0.39 is 5.92 Å². The van der Waals surface area contributed by atoms with Gasteiger partial charge in [-0.1, -0.05) is 43.2 Å². The summed E-state index contributed by atoms with van der Waals surface area (Å²) >= 11 is 0. The van der Waals surface area contributed by atoms with Crippen LogP contribution in [0.25, 0.3) is 0 Å². The number of hydrogen-bond donors (Lipinski definition) is 2. The molecule has 2 aromatic rings. The van der Waals surface area contributed by atoms with E-state index in [1.165, 1.54) is 0 Å². The molecule has 0 saturated carbocycles. The van der Waals surface area contributed by atoms with Gasteiger partial charge in [-0.2, -0.15) is 0 Å². The lowest BCUT2D eigenvalue weighted by Crippen LogP contribution is -2.30. The maximum atomic E-state index is 12.8. The maximum absolute atomic E-state index is 12.8. The predicted octanol–water partition coefficient (Wildman–Crippen LogP) is 2.60. The average molecular weight is 389 g/mol. The molecule has 0 spiro atoms. The minimum absolute atomic E-state index is 0.0777. The fourth-order valence-electron chi connectivity index (χ4n) is 3.44. The molecule has 6 heteroatoms. The highest BCUT2D eigenvalue weighted by atomic mass is 16.2. The van der Waals surface area contributed by atoms with Crippen LogP contribution in [0.2, 0.25) is 0 Å². The number of amides is 3. The minimum Gasteiger partial charge on any atom is -0.341 e. The molecule has 6 nitrogen and oxygen atoms in total. The lowest BCUT2D eigenvalue weighted by Gasteiger charge is -2.20. The Morgan fingerprint density at radius 3 is 2.66 bits per heavy atom. The highest BCUT2D eigenvalue weighted by Crippen LogP contribution is 2.29. The summed E-state index contributed by atoms with van der Waals surface area (Å²) in [5.41, 5.74) is 2.64. The van der Waals surface area contributed by atoms with Crippen molar-refractivity contribution in [2.75, 3.05) is 23.3 Å². The first kappa shape index (κ1) is 20.2. The number of nitrogens with one attached hydrogen (secondary N) is 2. The van der Waals surface area contributed by atoms with Gasteiger partial charge in [0, 0.05) is 18.7 Å². The number of rotatable bonds is 6. The third kappa shape index (κ3) is 4.46. The van der Waals surface area contributed by atoms with Gasteiger partial charge in [0.05, 0.1) is 23.7 Å². The van der Waals surface area contributed by atoms with Crippen molar-refractivity contribution in [1.82, 2.24) is 5.32 Å². The summed E-state index contributed by atoms with van der Waals surface area (Å²) in [5, 5.41) is 5.39. The van der Waals surface area contributed by atoms with Crippen LogP contribution in [0, 0.1) is 18.3 Å². The summed E-state index contributed by atoms with van der Waals surface area (Å²) in [6, 6.07) is 14.4. The van der Waals surface area contributed by atoms with Gasteiger partial charge in [0.2, 0.25) is 11.8 Å². The maximum Gasteiger partial charge on any atom is 0.254 e. The number of anilines is 2. The molecule has 1 saturated heterocycles. The number of carbonyl (C=O) groups is 3. The second-order valence-corrected chi connectivity index (χ2v) is 6.81. The molecule has 1 aliphatic heterocycles. The molecule has 1 heterocycles. The van der Waals surface area contributed by atoms with Crippen LogP contribution in [-0.4, -0.2) is 30.8 Å². The Kier molecular flexibility index (Phi) is 6.30. The van der Waals surface area contributed by atoms with Gasteiger partial charge in [-0.25, -0.2) is 0 Å². The summed E-state index contributed by atoms with van der Waals surface area (Å²) in [7, 11) is 0. The quantitative estimate of drug-likeness (QED) is 0.746. The summed E-state index contributed by atoms with van der Waals surface area (Å²) < 4.78 is 0. The van der Waals surface area contributed by atoms with Crippen molar-refractivity contribution in [3.63, 3.8) is 0 Å². The third-order valence-corrected chi connectivity index (χ3v) is 4.94. The molecular weight excluding hydrogens is 366 g/mol. The zero-order valence-electron chi connectivity index (χ0n) is 16.3. The lowest BCUT2D eigenvalue weighted by atomic mass is 10.1. The third-order valence-electron chi connectivity index (χ3n) is 4.94. The van der Waals surface area contributed by atoms with Gasteiger partial charge >= 0.3 is 0 Å². The number of carbonyl (C=O) groups excluding carboxylic acids is 3. The Balaban J connectivity index is 1.74. The molecule has 0 radical (unpaired) electrons. The van der Waals surface area contributed by atoms with Crippen molar-refractivity contribution in [3.8, 4) is 12.3 Å². The SMILES string of the molecule is C#CCNC(=O)c1ccccc1NC(=O)C1CC(=O)N(c2ccccc2CC)C1. The van der Waals surface area contributed by atoms with Crippen LogP contribution in [-0.2, 0) is 16.0 Å². The van der Waals surface area contributed by atoms with Crippen molar-refractivity contribution in [1.29, 1.82) is 0 Å². The molecule has 148 valence electrons. The molecule has 0 aliphatic carbocycles. The normalized spacial score (nSPS) is 15.7. The molecular formula is C23H23N3O3. The van der Waals surface area contributed by atoms with Crippen molar-refractivity contribution in [3.05, 3.63) is 59.7 Å². The Labute approximate surface area is 170 Å². The van der Waals surface area contributed by atoms with E-state index in [9.17, 15) is 14.4 Å². The molecule has 3 rings (SSSR count). The predicted molar refractivity (Wildman–Crippen MR) is 113 cm³/mol. The molecule has 1 atom stereocenters. The highest BCUT2D eigenvalue weighted by Gasteiger charge is 2.36. The Hall–Kier alpha value is -3.59. The van der Waals surface area contributed by atoms with Crippen LogP contribution in [0.3, 0.4) is 0 Å². The van der Waals surface area contributed by atoms with Crippen molar-refractivity contribution in [2.24, 2.45) is 5.92 Å². The van der Waals surface area contributed by atoms with E-state index in [1.54, 1.807) is 29.2 Å². The second-order valence-electron chi connectivity index (χ2n) is 6.81. The molecule has 0 aromatic heterocycles. The van der Waals surface area contributed by atoms with Gasteiger partial charge in [0.25, 0.3) is 5.91 Å². The van der Waals surface area contributed by atoms with Crippen molar-refractivity contribution >= 4 is 29.1 Å². The smallest absolute Gasteiger partial charge is 0.254 e. The molecule has 1 aliphatic rings. The van der Waals surface area contributed by atoms with Crippen LogP contribution in [0.1, 0.15) is 29.3 Å². The number of terminal acetylenes is 1. The summed E-state index contributed by atoms with van der Waals surface area (Å²) in [6.45, 7) is 2.45. The molecule has 1 fully saturated rings. The van der Waals surface area contributed by atoms with Crippen LogP contribution in [0.4, 0.5) is 11.4 Å². The van der Waals surface area contributed by atoms with E-state index in [0.717, 1.165) is 17.7 Å². The standard InChI is InChI=1S/C23H23N3O3/c1-3-13-24-23(29)18-10-6-7-11-19(18)25-22(28)17-14-21(27)26(15-17)20-12-8-5-9-16(20)4-2/h1,5-12,17H,4,13-15H2,2H3,(H,24,29)(H,25,28). The zero-order valence-corrected chi connectivity index (χ0v) is 16.3. The van der Waals surface area contributed by atoms with E-state index in [4.69, 9.17) is 6.42 Å². The van der Waals surface area contributed by atoms with Crippen LogP contribution in [0.15, 0.2) is 48.5 Å². The second kappa shape index (κ2) is 9.07. The number of nitrogens with zero attached hydrogens (tertiary/aromatic N) is 1. The van der Waals surface area contributed by atoms with Gasteiger partial charge in [0.15, 0.2) is 0 Å². The monoisotopic (exact) mass is 389 g/mol. The van der Waals surface area contributed by atoms with Crippen LogP contribution in [0.5, 0.6) is 0 Å². The van der Waals surface area contributed by atoms with E-state index in [-0.39, 0.29) is 30.7 Å². The Bertz CT molecular complexity index is 977. The van der Waals surface area contributed by atoms with Crippen molar-refractivity contribution < 1.29 is 14.4 Å². The van der Waals surface area contributed by atoms with Gasteiger partial charge in [-0.15, -0.1) is 6.42 Å². The fourth-order valence-corrected chi connectivity index (χ4v) is 3.44. The zero-order chi connectivity index (χ0) is 20.8. The van der Waals surface area contributed by atoms with E-state index >= 15 is 0 Å². The lowest BCUT2D eigenvalue weighted by molar-refractivity contribution is -0.122. The largest absolute Gasteiger partial charge is 0.341 e. The highest BCUT2D eigenvalue weighted by molar-refractivity contribution is 6.07. The molecule has 29 heavy (non-hydrogen) atoms. The van der Waals surface area contributed by atoms with Gasteiger partial charge in [0.1, 0.15) is 0 Å². The van der Waals surface area contributed by atoms with E-state index in [0.29, 0.717) is 17.8 Å². The molecule has 1 unspecified atom stereocenters. The number of para-hydroxylation sites is 2. The Morgan fingerprint density at radius 2 is 1.90 bits per heavy atom. The molecule has 2 aromatic carbocycles. The van der Waals surface area contributed by atoms with Crippen molar-refractivity contribution in [2.45, 2.75) is 19.8 Å². The van der Waals surface area contributed by atoms with Gasteiger partial charge < -0.3 is 15.5 Å². The topological polar surface area (TPSA) is 78.5 Å². The first-order chi connectivity index (χ1) is 14.0. The fraction of sp³-hybridized carbons (Fsp3) is 0.261. The Morgan fingerprint density at radius 1 is 1.17 bits per heavy atom.